The number of esters is 1. The first-order valence-corrected chi connectivity index (χ1v) is 12.2. The lowest BCUT2D eigenvalue weighted by Gasteiger charge is -2.33. The van der Waals surface area contributed by atoms with E-state index in [-0.39, 0.29) is 41.4 Å². The smallest absolute Gasteiger partial charge is 0.306 e. The number of halogens is 2. The highest BCUT2D eigenvalue weighted by Gasteiger charge is 2.34. The number of carbonyl (C=O) groups excluding carboxylic acids is 1. The van der Waals surface area contributed by atoms with Gasteiger partial charge in [-0.3, -0.25) is 4.79 Å². The quantitative estimate of drug-likeness (QED) is 0.480. The van der Waals surface area contributed by atoms with Gasteiger partial charge in [-0.05, 0) is 63.2 Å². The summed E-state index contributed by atoms with van der Waals surface area (Å²) >= 11 is 0. The fraction of sp³-hybridized carbons (Fsp3) is 0.609. The Bertz CT molecular complexity index is 928. The maximum Gasteiger partial charge on any atom is 0.306 e. The van der Waals surface area contributed by atoms with Crippen LogP contribution in [-0.2, 0) is 24.1 Å². The summed E-state index contributed by atoms with van der Waals surface area (Å²) in [5.74, 6) is -1.48. The van der Waals surface area contributed by atoms with Crippen LogP contribution in [0.5, 0.6) is 5.75 Å². The standard InChI is InChI=1S/C23H32F2O6S/c1-22(2,3)31-21(26)8-5-17(14-24)15-30-18-6-7-20(19(25)13-18)32(27,28)16-23(4)9-11-29-12-10-23/h6-7,13-14H,5,8-12,15-16H2,1-4H3/b17-14+. The van der Waals surface area contributed by atoms with Gasteiger partial charge in [-0.1, -0.05) is 6.92 Å². The zero-order chi connectivity index (χ0) is 24.0. The van der Waals surface area contributed by atoms with Gasteiger partial charge in [0.1, 0.15) is 28.7 Å². The third kappa shape index (κ3) is 8.16. The second kappa shape index (κ2) is 10.7. The zero-order valence-corrected chi connectivity index (χ0v) is 19.9. The number of sulfone groups is 1. The number of benzene rings is 1. The normalized spacial score (nSPS) is 17.1. The van der Waals surface area contributed by atoms with Gasteiger partial charge >= 0.3 is 5.97 Å². The number of hydrogen-bond donors (Lipinski definition) is 0. The molecule has 1 aliphatic rings. The summed E-state index contributed by atoms with van der Waals surface area (Å²) in [7, 11) is -3.84. The maximum atomic E-state index is 14.6. The van der Waals surface area contributed by atoms with Crippen LogP contribution in [0.25, 0.3) is 0 Å². The van der Waals surface area contributed by atoms with Crippen LogP contribution in [0.1, 0.15) is 53.4 Å². The van der Waals surface area contributed by atoms with Crippen LogP contribution in [0, 0.1) is 11.2 Å². The van der Waals surface area contributed by atoms with E-state index in [0.29, 0.717) is 32.4 Å². The van der Waals surface area contributed by atoms with Gasteiger partial charge in [0.2, 0.25) is 0 Å². The van der Waals surface area contributed by atoms with Gasteiger partial charge in [-0.15, -0.1) is 0 Å². The summed E-state index contributed by atoms with van der Waals surface area (Å²) in [6.45, 7) is 7.85. The van der Waals surface area contributed by atoms with Gasteiger partial charge in [0.05, 0.1) is 12.1 Å². The van der Waals surface area contributed by atoms with E-state index >= 15 is 0 Å². The Labute approximate surface area is 188 Å². The summed E-state index contributed by atoms with van der Waals surface area (Å²) in [5.41, 5.74) is -0.900. The van der Waals surface area contributed by atoms with E-state index in [1.54, 1.807) is 20.8 Å². The Morgan fingerprint density at radius 1 is 1.22 bits per heavy atom. The van der Waals surface area contributed by atoms with Crippen LogP contribution in [-0.4, -0.2) is 45.6 Å². The van der Waals surface area contributed by atoms with Crippen LogP contribution in [0.15, 0.2) is 35.0 Å². The number of ether oxygens (including phenoxy) is 3. The van der Waals surface area contributed by atoms with Gasteiger partial charge in [-0.25, -0.2) is 17.2 Å². The highest BCUT2D eigenvalue weighted by molar-refractivity contribution is 7.91. The fourth-order valence-corrected chi connectivity index (χ4v) is 5.35. The second-order valence-corrected chi connectivity index (χ2v) is 11.4. The minimum absolute atomic E-state index is 0.0221. The van der Waals surface area contributed by atoms with Crippen LogP contribution >= 0.6 is 0 Å². The topological polar surface area (TPSA) is 78.9 Å². The van der Waals surface area contributed by atoms with Crippen LogP contribution in [0.3, 0.4) is 0 Å². The molecular formula is C23H32F2O6S. The minimum atomic E-state index is -3.84. The van der Waals surface area contributed by atoms with Crippen molar-refractivity contribution >= 4 is 15.8 Å². The van der Waals surface area contributed by atoms with Crippen LogP contribution in [0.2, 0.25) is 0 Å². The predicted octanol–water partition coefficient (Wildman–Crippen LogP) is 4.77. The highest BCUT2D eigenvalue weighted by atomic mass is 32.2. The molecule has 1 aromatic carbocycles. The highest BCUT2D eigenvalue weighted by Crippen LogP contribution is 2.34. The van der Waals surface area contributed by atoms with E-state index in [1.165, 1.54) is 12.1 Å². The molecule has 1 aliphatic heterocycles. The molecule has 1 heterocycles. The lowest BCUT2D eigenvalue weighted by molar-refractivity contribution is -0.154. The van der Waals surface area contributed by atoms with Crippen molar-refractivity contribution in [2.45, 2.75) is 63.9 Å². The Balaban J connectivity index is 1.97. The molecule has 6 nitrogen and oxygen atoms in total. The van der Waals surface area contributed by atoms with Gasteiger partial charge in [0.25, 0.3) is 0 Å². The van der Waals surface area contributed by atoms with E-state index < -0.39 is 32.6 Å². The molecule has 0 saturated carbocycles. The lowest BCUT2D eigenvalue weighted by atomic mass is 9.85. The molecule has 0 amide bonds. The van der Waals surface area contributed by atoms with E-state index in [9.17, 15) is 22.0 Å². The molecule has 0 atom stereocenters. The molecule has 0 radical (unpaired) electrons. The zero-order valence-electron chi connectivity index (χ0n) is 19.1. The Hall–Kier alpha value is -2.00. The molecule has 32 heavy (non-hydrogen) atoms. The van der Waals surface area contributed by atoms with Crippen LogP contribution < -0.4 is 4.74 Å². The minimum Gasteiger partial charge on any atom is -0.489 e. The first-order chi connectivity index (χ1) is 14.8. The Kier molecular flexibility index (Phi) is 8.82. The van der Waals surface area contributed by atoms with Crippen molar-refractivity contribution in [2.75, 3.05) is 25.6 Å². The monoisotopic (exact) mass is 474 g/mol. The summed E-state index contributed by atoms with van der Waals surface area (Å²) in [4.78, 5) is 11.4. The van der Waals surface area contributed by atoms with Gasteiger partial charge in [0.15, 0.2) is 9.84 Å². The third-order valence-corrected chi connectivity index (χ3v) is 7.20. The van der Waals surface area contributed by atoms with E-state index in [1.807, 2.05) is 6.92 Å². The van der Waals surface area contributed by atoms with Crippen molar-refractivity contribution in [1.82, 2.24) is 0 Å². The number of hydrogen-bond acceptors (Lipinski definition) is 6. The molecule has 180 valence electrons. The SMILES string of the molecule is CC1(CS(=O)(=O)c2ccc(OC/C(=C/F)CCC(=O)OC(C)(C)C)cc2F)CCOCC1. The van der Waals surface area contributed by atoms with Crippen molar-refractivity contribution < 1.29 is 36.2 Å². The van der Waals surface area contributed by atoms with Gasteiger partial charge < -0.3 is 14.2 Å². The van der Waals surface area contributed by atoms with Crippen molar-refractivity contribution in [3.8, 4) is 5.75 Å². The summed E-state index contributed by atoms with van der Waals surface area (Å²) in [6.07, 6.45) is 1.59. The first-order valence-electron chi connectivity index (χ1n) is 10.6. The van der Waals surface area contributed by atoms with Gasteiger partial charge in [-0.2, -0.15) is 0 Å². The molecule has 0 N–H and O–H groups in total. The van der Waals surface area contributed by atoms with E-state index in [0.717, 1.165) is 6.07 Å². The maximum absolute atomic E-state index is 14.6. The molecule has 0 aliphatic carbocycles. The van der Waals surface area contributed by atoms with Crippen LogP contribution in [0.4, 0.5) is 8.78 Å². The molecule has 0 spiro atoms. The Morgan fingerprint density at radius 3 is 2.44 bits per heavy atom. The van der Waals surface area contributed by atoms with Crippen molar-refractivity contribution in [3.05, 3.63) is 35.9 Å². The molecule has 2 rings (SSSR count). The molecule has 9 heteroatoms. The average molecular weight is 475 g/mol. The summed E-state index contributed by atoms with van der Waals surface area (Å²) in [6, 6.07) is 3.48. The van der Waals surface area contributed by atoms with Gasteiger partial charge in [0, 0.05) is 25.7 Å². The molecule has 0 aromatic heterocycles. The van der Waals surface area contributed by atoms with E-state index in [4.69, 9.17) is 14.2 Å². The molecule has 0 bridgehead atoms. The first kappa shape index (κ1) is 26.3. The molecular weight excluding hydrogens is 442 g/mol. The average Bonchev–Trinajstić information content (AvgIpc) is 2.66. The Morgan fingerprint density at radius 2 is 1.88 bits per heavy atom. The number of rotatable bonds is 9. The molecule has 1 saturated heterocycles. The van der Waals surface area contributed by atoms with E-state index in [2.05, 4.69) is 0 Å². The van der Waals surface area contributed by atoms with Crippen molar-refractivity contribution in [3.63, 3.8) is 0 Å². The summed E-state index contributed by atoms with van der Waals surface area (Å²) < 4.78 is 69.2. The molecule has 1 aromatic rings. The molecule has 0 unspecified atom stereocenters. The van der Waals surface area contributed by atoms with Crippen molar-refractivity contribution in [2.24, 2.45) is 5.41 Å². The largest absolute Gasteiger partial charge is 0.489 e. The fourth-order valence-electron chi connectivity index (χ4n) is 3.36. The predicted molar refractivity (Wildman–Crippen MR) is 116 cm³/mol. The molecule has 1 fully saturated rings. The number of carbonyl (C=O) groups is 1. The summed E-state index contributed by atoms with van der Waals surface area (Å²) in [5, 5.41) is 0. The lowest BCUT2D eigenvalue weighted by Crippen LogP contribution is -2.33. The second-order valence-electron chi connectivity index (χ2n) is 9.42. The third-order valence-electron chi connectivity index (χ3n) is 5.13. The van der Waals surface area contributed by atoms with Crippen molar-refractivity contribution in [1.29, 1.82) is 0 Å².